The first-order valence-electron chi connectivity index (χ1n) is 7.60. The molecule has 6 nitrogen and oxygen atoms in total. The summed E-state index contributed by atoms with van der Waals surface area (Å²) in [7, 11) is 0. The van der Waals surface area contributed by atoms with E-state index in [2.05, 4.69) is 10.1 Å². The summed E-state index contributed by atoms with van der Waals surface area (Å²) in [6.45, 7) is 1.86. The van der Waals surface area contributed by atoms with Crippen molar-refractivity contribution in [1.29, 1.82) is 0 Å². The van der Waals surface area contributed by atoms with Crippen LogP contribution in [0.4, 0.5) is 0 Å². The topological polar surface area (TPSA) is 71.0 Å². The van der Waals surface area contributed by atoms with E-state index in [0.717, 1.165) is 10.9 Å². The predicted molar refractivity (Wildman–Crippen MR) is 86.2 cm³/mol. The average molecular weight is 308 g/mol. The van der Waals surface area contributed by atoms with Crippen LogP contribution in [0, 0.1) is 5.92 Å². The number of hydrogen-bond acceptors (Lipinski definition) is 3. The van der Waals surface area contributed by atoms with Gasteiger partial charge in [0.05, 0.1) is 12.1 Å². The number of aromatic amines is 1. The zero-order valence-corrected chi connectivity index (χ0v) is 12.5. The van der Waals surface area contributed by atoms with Crippen LogP contribution in [0.2, 0.25) is 0 Å². The second-order valence-electron chi connectivity index (χ2n) is 5.87. The molecule has 3 aromatic rings. The number of H-pyrrole nitrogens is 1. The highest BCUT2D eigenvalue weighted by atomic mass is 16.2. The van der Waals surface area contributed by atoms with Crippen molar-refractivity contribution in [1.82, 2.24) is 19.7 Å². The van der Waals surface area contributed by atoms with Crippen LogP contribution >= 0.6 is 0 Å². The number of nitrogens with zero attached hydrogens (tertiary/aromatic N) is 3. The number of carbonyl (C=O) groups is 1. The van der Waals surface area contributed by atoms with Crippen LogP contribution in [-0.2, 0) is 6.54 Å². The van der Waals surface area contributed by atoms with Crippen LogP contribution < -0.4 is 5.56 Å². The van der Waals surface area contributed by atoms with Gasteiger partial charge in [-0.15, -0.1) is 0 Å². The Morgan fingerprint density at radius 3 is 2.87 bits per heavy atom. The lowest BCUT2D eigenvalue weighted by atomic mass is 9.98. The van der Waals surface area contributed by atoms with Crippen LogP contribution in [0.1, 0.15) is 10.4 Å². The average Bonchev–Trinajstić information content (AvgIpc) is 2.95. The summed E-state index contributed by atoms with van der Waals surface area (Å²) in [5.41, 5.74) is 1.57. The molecule has 3 heterocycles. The zero-order valence-electron chi connectivity index (χ0n) is 12.5. The van der Waals surface area contributed by atoms with Crippen LogP contribution in [-0.4, -0.2) is 38.7 Å². The van der Waals surface area contributed by atoms with Gasteiger partial charge < -0.3 is 9.88 Å². The first kappa shape index (κ1) is 13.8. The molecule has 0 bridgehead atoms. The number of hydrogen-bond donors (Lipinski definition) is 1. The summed E-state index contributed by atoms with van der Waals surface area (Å²) in [6.07, 6.45) is 3.37. The van der Waals surface area contributed by atoms with Gasteiger partial charge in [-0.05, 0) is 12.1 Å². The molecule has 1 aliphatic rings. The van der Waals surface area contributed by atoms with Gasteiger partial charge in [-0.1, -0.05) is 18.2 Å². The molecule has 0 saturated carbocycles. The number of benzene rings is 1. The highest BCUT2D eigenvalue weighted by molar-refractivity contribution is 6.06. The molecule has 0 spiro atoms. The predicted octanol–water partition coefficient (Wildman–Crippen LogP) is 1.50. The Kier molecular flexibility index (Phi) is 3.22. The molecule has 0 aliphatic carbocycles. The minimum Gasteiger partial charge on any atom is -0.360 e. The molecule has 2 aromatic heterocycles. The Morgan fingerprint density at radius 1 is 1.22 bits per heavy atom. The lowest BCUT2D eigenvalue weighted by Crippen LogP contribution is -2.52. The number of amides is 1. The van der Waals surface area contributed by atoms with Crippen molar-refractivity contribution >= 4 is 16.8 Å². The molecule has 0 radical (unpaired) electrons. The quantitative estimate of drug-likeness (QED) is 0.797. The lowest BCUT2D eigenvalue weighted by molar-refractivity contribution is 0.0460. The van der Waals surface area contributed by atoms with Crippen molar-refractivity contribution in [2.24, 2.45) is 5.92 Å². The van der Waals surface area contributed by atoms with Gasteiger partial charge in [0.1, 0.15) is 0 Å². The van der Waals surface area contributed by atoms with Crippen LogP contribution in [0.25, 0.3) is 10.9 Å². The summed E-state index contributed by atoms with van der Waals surface area (Å²) < 4.78 is 1.46. The van der Waals surface area contributed by atoms with Gasteiger partial charge in [0, 0.05) is 48.4 Å². The first-order valence-corrected chi connectivity index (χ1v) is 7.60. The molecule has 116 valence electrons. The standard InChI is InChI=1S/C17H16N4O2/c22-16-6-3-7-19-21(16)11-12-9-20(10-12)17(23)14-8-18-15-5-2-1-4-13(14)15/h1-8,12,18H,9-11H2. The van der Waals surface area contributed by atoms with Crippen molar-refractivity contribution in [2.75, 3.05) is 13.1 Å². The fraction of sp³-hybridized carbons (Fsp3) is 0.235. The smallest absolute Gasteiger partial charge is 0.266 e. The van der Waals surface area contributed by atoms with E-state index in [-0.39, 0.29) is 17.4 Å². The normalized spacial score (nSPS) is 14.9. The highest BCUT2D eigenvalue weighted by Gasteiger charge is 2.32. The van der Waals surface area contributed by atoms with Gasteiger partial charge in [-0.3, -0.25) is 9.59 Å². The highest BCUT2D eigenvalue weighted by Crippen LogP contribution is 2.24. The molecular formula is C17H16N4O2. The van der Waals surface area contributed by atoms with Crippen LogP contribution in [0.3, 0.4) is 0 Å². The molecule has 1 aromatic carbocycles. The molecule has 1 amide bonds. The maximum atomic E-state index is 12.6. The first-order chi connectivity index (χ1) is 11.2. The molecule has 1 fully saturated rings. The van der Waals surface area contributed by atoms with E-state index in [0.29, 0.717) is 25.2 Å². The van der Waals surface area contributed by atoms with Gasteiger partial charge in [0.15, 0.2) is 0 Å². The number of para-hydroxylation sites is 1. The van der Waals surface area contributed by atoms with Crippen molar-refractivity contribution in [3.05, 3.63) is 64.7 Å². The monoisotopic (exact) mass is 308 g/mol. The van der Waals surface area contributed by atoms with Crippen LogP contribution in [0.15, 0.2) is 53.6 Å². The molecule has 0 unspecified atom stereocenters. The number of carbonyl (C=O) groups excluding carboxylic acids is 1. The molecule has 6 heteroatoms. The fourth-order valence-corrected chi connectivity index (χ4v) is 3.04. The van der Waals surface area contributed by atoms with E-state index < -0.39 is 0 Å². The van der Waals surface area contributed by atoms with Gasteiger partial charge >= 0.3 is 0 Å². The number of rotatable bonds is 3. The third-order valence-electron chi connectivity index (χ3n) is 4.28. The summed E-state index contributed by atoms with van der Waals surface area (Å²) in [6, 6.07) is 10.9. The summed E-state index contributed by atoms with van der Waals surface area (Å²) in [5.74, 6) is 0.309. The Morgan fingerprint density at radius 2 is 2.04 bits per heavy atom. The minimum atomic E-state index is -0.103. The Balaban J connectivity index is 1.45. The van der Waals surface area contributed by atoms with Crippen molar-refractivity contribution in [3.8, 4) is 0 Å². The summed E-state index contributed by atoms with van der Waals surface area (Å²) >= 11 is 0. The van der Waals surface area contributed by atoms with Gasteiger partial charge in [0.2, 0.25) is 0 Å². The van der Waals surface area contributed by atoms with E-state index >= 15 is 0 Å². The SMILES string of the molecule is O=C(c1c[nH]c2ccccc12)N1CC(Cn2ncccc2=O)C1. The molecule has 1 N–H and O–H groups in total. The van der Waals surface area contributed by atoms with Crippen molar-refractivity contribution in [3.63, 3.8) is 0 Å². The van der Waals surface area contributed by atoms with Crippen molar-refractivity contribution in [2.45, 2.75) is 6.54 Å². The molecule has 1 aliphatic heterocycles. The molecule has 23 heavy (non-hydrogen) atoms. The largest absolute Gasteiger partial charge is 0.360 e. The van der Waals surface area contributed by atoms with Gasteiger partial charge in [-0.2, -0.15) is 5.10 Å². The molecule has 1 saturated heterocycles. The van der Waals surface area contributed by atoms with Gasteiger partial charge in [0.25, 0.3) is 11.5 Å². The van der Waals surface area contributed by atoms with E-state index in [1.807, 2.05) is 29.2 Å². The Hall–Kier alpha value is -2.89. The van der Waals surface area contributed by atoms with E-state index in [4.69, 9.17) is 0 Å². The minimum absolute atomic E-state index is 0.0343. The van der Waals surface area contributed by atoms with E-state index in [1.54, 1.807) is 18.5 Å². The third kappa shape index (κ3) is 2.42. The summed E-state index contributed by atoms with van der Waals surface area (Å²) in [4.78, 5) is 29.2. The van der Waals surface area contributed by atoms with Crippen molar-refractivity contribution < 1.29 is 4.79 Å². The summed E-state index contributed by atoms with van der Waals surface area (Å²) in [5, 5.41) is 5.00. The Labute approximate surface area is 132 Å². The number of fused-ring (bicyclic) bond motifs is 1. The fourth-order valence-electron chi connectivity index (χ4n) is 3.04. The molecule has 0 atom stereocenters. The maximum Gasteiger partial charge on any atom is 0.266 e. The number of aromatic nitrogens is 3. The maximum absolute atomic E-state index is 12.6. The Bertz CT molecular complexity index is 921. The number of nitrogens with one attached hydrogen (secondary N) is 1. The van der Waals surface area contributed by atoms with Gasteiger partial charge in [-0.25, -0.2) is 4.68 Å². The lowest BCUT2D eigenvalue weighted by Gasteiger charge is -2.39. The van der Waals surface area contributed by atoms with E-state index in [1.165, 1.54) is 10.7 Å². The van der Waals surface area contributed by atoms with E-state index in [9.17, 15) is 9.59 Å². The zero-order chi connectivity index (χ0) is 15.8. The molecular weight excluding hydrogens is 292 g/mol. The van der Waals surface area contributed by atoms with Crippen LogP contribution in [0.5, 0.6) is 0 Å². The second-order valence-corrected chi connectivity index (χ2v) is 5.87. The number of likely N-dealkylation sites (tertiary alicyclic amines) is 1. The third-order valence-corrected chi connectivity index (χ3v) is 4.28. The molecule has 4 rings (SSSR count). The second kappa shape index (κ2) is 5.39.